The molecule has 0 amide bonds. The largest absolute Gasteiger partial charge is 0.377 e. The average Bonchev–Trinajstić information content (AvgIpc) is 2.59. The lowest BCUT2D eigenvalue weighted by Gasteiger charge is -2.33. The molecule has 0 radical (unpaired) electrons. The maximum atomic E-state index is 13.9. The molecular weight excluding hydrogens is 320 g/mol. The van der Waals surface area contributed by atoms with Crippen molar-refractivity contribution in [3.8, 4) is 0 Å². The molecule has 1 aliphatic rings. The van der Waals surface area contributed by atoms with Gasteiger partial charge in [-0.25, -0.2) is 8.78 Å². The molecule has 1 aliphatic heterocycles. The van der Waals surface area contributed by atoms with Gasteiger partial charge in [-0.1, -0.05) is 0 Å². The Balaban J connectivity index is 1.65. The van der Waals surface area contributed by atoms with Gasteiger partial charge in [0.15, 0.2) is 17.5 Å². The van der Waals surface area contributed by atoms with E-state index in [1.807, 2.05) is 11.0 Å². The molecule has 0 unspecified atom stereocenters. The number of nitro benzene ring substituents is 1. The highest BCUT2D eigenvalue weighted by Crippen LogP contribution is 2.27. The van der Waals surface area contributed by atoms with E-state index in [2.05, 4.69) is 15.5 Å². The van der Waals surface area contributed by atoms with Crippen LogP contribution in [0, 0.1) is 21.7 Å². The molecule has 2 aromatic rings. The number of nitrogens with zero attached hydrogens (tertiary/aromatic N) is 4. The SMILES string of the molecule is O=[N+]([O-])c1cc(F)c(NC2CCN(c3cccnn3)CC2)c(F)c1. The van der Waals surface area contributed by atoms with Crippen LogP contribution in [0.1, 0.15) is 12.8 Å². The summed E-state index contributed by atoms with van der Waals surface area (Å²) in [7, 11) is 0. The molecule has 1 aromatic carbocycles. The Labute approximate surface area is 136 Å². The standard InChI is InChI=1S/C15H15F2N5O2/c16-12-8-11(22(23)24)9-13(17)15(12)19-10-3-6-21(7-4-10)14-2-1-5-18-20-14/h1-2,5,8-10,19H,3-4,6-7H2. The number of rotatable bonds is 4. The maximum absolute atomic E-state index is 13.9. The van der Waals surface area contributed by atoms with Crippen molar-refractivity contribution in [2.24, 2.45) is 0 Å². The minimum absolute atomic E-state index is 0.122. The number of non-ortho nitro benzene ring substituents is 1. The third-order valence-electron chi connectivity index (χ3n) is 3.96. The quantitative estimate of drug-likeness (QED) is 0.683. The smallest absolute Gasteiger partial charge is 0.275 e. The lowest BCUT2D eigenvalue weighted by Crippen LogP contribution is -2.39. The Morgan fingerprint density at radius 1 is 1.25 bits per heavy atom. The predicted octanol–water partition coefficient (Wildman–Crippen LogP) is 2.74. The van der Waals surface area contributed by atoms with Gasteiger partial charge in [-0.05, 0) is 25.0 Å². The Morgan fingerprint density at radius 2 is 1.92 bits per heavy atom. The van der Waals surface area contributed by atoms with Crippen LogP contribution in [0.15, 0.2) is 30.5 Å². The van der Waals surface area contributed by atoms with Gasteiger partial charge in [-0.3, -0.25) is 10.1 Å². The van der Waals surface area contributed by atoms with Crippen molar-refractivity contribution in [3.63, 3.8) is 0 Å². The lowest BCUT2D eigenvalue weighted by atomic mass is 10.0. The predicted molar refractivity (Wildman–Crippen MR) is 83.9 cm³/mol. The van der Waals surface area contributed by atoms with Gasteiger partial charge in [0.05, 0.1) is 17.1 Å². The molecule has 0 aliphatic carbocycles. The summed E-state index contributed by atoms with van der Waals surface area (Å²) in [5.74, 6) is -1.15. The second-order valence-electron chi connectivity index (χ2n) is 5.53. The molecule has 0 atom stereocenters. The fourth-order valence-electron chi connectivity index (χ4n) is 2.72. The van der Waals surface area contributed by atoms with Gasteiger partial charge >= 0.3 is 0 Å². The van der Waals surface area contributed by atoms with E-state index in [1.54, 1.807) is 12.3 Å². The number of anilines is 2. The minimum atomic E-state index is -0.960. The Bertz CT molecular complexity index is 713. The first-order chi connectivity index (χ1) is 11.5. The van der Waals surface area contributed by atoms with Crippen molar-refractivity contribution in [1.29, 1.82) is 0 Å². The van der Waals surface area contributed by atoms with E-state index >= 15 is 0 Å². The van der Waals surface area contributed by atoms with Gasteiger partial charge in [-0.15, -0.1) is 5.10 Å². The van der Waals surface area contributed by atoms with Gasteiger partial charge in [-0.2, -0.15) is 5.10 Å². The van der Waals surface area contributed by atoms with Crippen molar-refractivity contribution in [3.05, 3.63) is 52.2 Å². The highest BCUT2D eigenvalue weighted by Gasteiger charge is 2.23. The van der Waals surface area contributed by atoms with E-state index in [1.165, 1.54) is 0 Å². The molecule has 1 aromatic heterocycles. The van der Waals surface area contributed by atoms with E-state index in [-0.39, 0.29) is 11.7 Å². The van der Waals surface area contributed by atoms with E-state index in [4.69, 9.17) is 0 Å². The first kappa shape index (κ1) is 16.0. The number of piperidine rings is 1. The first-order valence-electron chi connectivity index (χ1n) is 7.47. The number of hydrogen-bond acceptors (Lipinski definition) is 6. The zero-order valence-electron chi connectivity index (χ0n) is 12.7. The molecule has 24 heavy (non-hydrogen) atoms. The summed E-state index contributed by atoms with van der Waals surface area (Å²) >= 11 is 0. The first-order valence-corrected chi connectivity index (χ1v) is 7.47. The zero-order chi connectivity index (χ0) is 17.1. The van der Waals surface area contributed by atoms with Crippen LogP contribution in [0.5, 0.6) is 0 Å². The summed E-state index contributed by atoms with van der Waals surface area (Å²) in [6.45, 7) is 1.35. The summed E-state index contributed by atoms with van der Waals surface area (Å²) in [6, 6.07) is 4.98. The van der Waals surface area contributed by atoms with Gasteiger partial charge in [0.25, 0.3) is 5.69 Å². The Kier molecular flexibility index (Phi) is 4.50. The van der Waals surface area contributed by atoms with E-state index < -0.39 is 22.2 Å². The number of nitro groups is 1. The summed E-state index contributed by atoms with van der Waals surface area (Å²) in [5, 5.41) is 21.3. The molecule has 1 N–H and O–H groups in total. The highest BCUT2D eigenvalue weighted by atomic mass is 19.1. The van der Waals surface area contributed by atoms with Crippen LogP contribution in [0.3, 0.4) is 0 Å². The van der Waals surface area contributed by atoms with Gasteiger partial charge < -0.3 is 10.2 Å². The molecule has 126 valence electrons. The zero-order valence-corrected chi connectivity index (χ0v) is 12.7. The molecule has 9 heteroatoms. The molecule has 1 saturated heterocycles. The summed E-state index contributed by atoms with van der Waals surface area (Å²) in [6.07, 6.45) is 2.91. The normalized spacial score (nSPS) is 15.3. The van der Waals surface area contributed by atoms with Crippen molar-refractivity contribution in [2.75, 3.05) is 23.3 Å². The van der Waals surface area contributed by atoms with Crippen LogP contribution in [0.4, 0.5) is 26.0 Å². The van der Waals surface area contributed by atoms with Crippen LogP contribution in [0.25, 0.3) is 0 Å². The fourth-order valence-corrected chi connectivity index (χ4v) is 2.72. The Hall–Kier alpha value is -2.84. The number of benzene rings is 1. The van der Waals surface area contributed by atoms with E-state index in [0.29, 0.717) is 25.9 Å². The number of hydrogen-bond donors (Lipinski definition) is 1. The summed E-state index contributed by atoms with van der Waals surface area (Å²) in [4.78, 5) is 11.8. The second kappa shape index (κ2) is 6.73. The molecule has 0 bridgehead atoms. The minimum Gasteiger partial charge on any atom is -0.377 e. The summed E-state index contributed by atoms with van der Waals surface area (Å²) in [5.41, 5.74) is -0.924. The topological polar surface area (TPSA) is 84.2 Å². The number of nitrogens with one attached hydrogen (secondary N) is 1. The van der Waals surface area contributed by atoms with Gasteiger partial charge in [0, 0.05) is 25.3 Å². The maximum Gasteiger partial charge on any atom is 0.275 e. The van der Waals surface area contributed by atoms with Crippen LogP contribution in [-0.2, 0) is 0 Å². The molecule has 1 fully saturated rings. The van der Waals surface area contributed by atoms with Crippen LogP contribution < -0.4 is 10.2 Å². The van der Waals surface area contributed by atoms with Crippen molar-refractivity contribution < 1.29 is 13.7 Å². The third-order valence-corrected chi connectivity index (χ3v) is 3.96. The second-order valence-corrected chi connectivity index (χ2v) is 5.53. The molecule has 0 spiro atoms. The van der Waals surface area contributed by atoms with Gasteiger partial charge in [0.1, 0.15) is 5.69 Å². The fraction of sp³-hybridized carbons (Fsp3) is 0.333. The van der Waals surface area contributed by atoms with Crippen molar-refractivity contribution in [1.82, 2.24) is 10.2 Å². The van der Waals surface area contributed by atoms with Crippen molar-refractivity contribution in [2.45, 2.75) is 18.9 Å². The third kappa shape index (κ3) is 3.39. The van der Waals surface area contributed by atoms with Crippen LogP contribution in [0.2, 0.25) is 0 Å². The molecule has 0 saturated carbocycles. The van der Waals surface area contributed by atoms with Gasteiger partial charge in [0.2, 0.25) is 0 Å². The van der Waals surface area contributed by atoms with Crippen molar-refractivity contribution >= 4 is 17.2 Å². The highest BCUT2D eigenvalue weighted by molar-refractivity contribution is 5.52. The lowest BCUT2D eigenvalue weighted by molar-refractivity contribution is -0.385. The number of halogens is 2. The van der Waals surface area contributed by atoms with Crippen LogP contribution >= 0.6 is 0 Å². The molecular formula is C15H15F2N5O2. The average molecular weight is 335 g/mol. The number of aromatic nitrogens is 2. The monoisotopic (exact) mass is 335 g/mol. The molecule has 3 rings (SSSR count). The van der Waals surface area contributed by atoms with E-state index in [0.717, 1.165) is 18.0 Å². The van der Waals surface area contributed by atoms with Crippen LogP contribution in [-0.4, -0.2) is 34.3 Å². The molecule has 2 heterocycles. The Morgan fingerprint density at radius 3 is 2.46 bits per heavy atom. The molecule has 7 nitrogen and oxygen atoms in total. The summed E-state index contributed by atoms with van der Waals surface area (Å²) < 4.78 is 27.9. The van der Waals surface area contributed by atoms with E-state index in [9.17, 15) is 18.9 Å².